The Hall–Kier alpha value is -2.58. The maximum Gasteiger partial charge on any atom is 0.306 e. The maximum atomic E-state index is 12.8. The molecule has 0 aromatic carbocycles. The van der Waals surface area contributed by atoms with Gasteiger partial charge in [-0.1, -0.05) is 188 Å². The molecule has 0 aliphatic rings. The molecule has 0 saturated heterocycles. The molecule has 0 saturated carbocycles. The number of phosphoric acid groups is 1. The first-order chi connectivity index (χ1) is 31.6. The van der Waals surface area contributed by atoms with Crippen LogP contribution < -0.4 is 4.89 Å². The number of unbranched alkanes of at least 4 members (excludes halogenated alkanes) is 17. The normalized spacial score (nSPS) is 14.4. The average Bonchev–Trinajstić information content (AvgIpc) is 3.27. The van der Waals surface area contributed by atoms with Crippen LogP contribution in [0.1, 0.15) is 194 Å². The number of hydrogen-bond acceptors (Lipinski definition) is 7. The Labute approximate surface area is 400 Å². The minimum Gasteiger partial charge on any atom is -0.756 e. The molecule has 2 unspecified atom stereocenters. The molecule has 0 amide bonds. The van der Waals surface area contributed by atoms with E-state index in [4.69, 9.17) is 18.5 Å². The predicted molar refractivity (Wildman–Crippen MR) is 277 cm³/mol. The van der Waals surface area contributed by atoms with Crippen LogP contribution in [0.15, 0.2) is 97.2 Å². The zero-order valence-electron chi connectivity index (χ0n) is 42.4. The van der Waals surface area contributed by atoms with E-state index in [0.717, 1.165) is 89.9 Å². The van der Waals surface area contributed by atoms with Gasteiger partial charge in [0.25, 0.3) is 7.82 Å². The van der Waals surface area contributed by atoms with Gasteiger partial charge >= 0.3 is 5.97 Å². The first-order valence-electron chi connectivity index (χ1n) is 26.0. The maximum absolute atomic E-state index is 12.8. The molecule has 0 aliphatic heterocycles. The van der Waals surface area contributed by atoms with Crippen LogP contribution in [-0.4, -0.2) is 70.7 Å². The highest BCUT2D eigenvalue weighted by molar-refractivity contribution is 7.45. The summed E-state index contributed by atoms with van der Waals surface area (Å²) in [7, 11) is 1.32. The van der Waals surface area contributed by atoms with Crippen LogP contribution in [0, 0.1) is 0 Å². The number of carbonyl (C=O) groups is 1. The second-order valence-electron chi connectivity index (χ2n) is 18.1. The molecule has 0 N–H and O–H groups in total. The van der Waals surface area contributed by atoms with Gasteiger partial charge in [-0.25, -0.2) is 0 Å². The molecule has 2 atom stereocenters. The molecule has 0 fully saturated rings. The summed E-state index contributed by atoms with van der Waals surface area (Å²) < 4.78 is 34.7. The van der Waals surface area contributed by atoms with Gasteiger partial charge in [0.2, 0.25) is 0 Å². The van der Waals surface area contributed by atoms with Crippen molar-refractivity contribution in [2.45, 2.75) is 200 Å². The summed E-state index contributed by atoms with van der Waals surface area (Å²) >= 11 is 0. The minimum atomic E-state index is -4.55. The van der Waals surface area contributed by atoms with Gasteiger partial charge in [0.05, 0.1) is 34.4 Å². The molecule has 65 heavy (non-hydrogen) atoms. The molecular weight excluding hydrogens is 830 g/mol. The second-order valence-corrected chi connectivity index (χ2v) is 19.6. The highest BCUT2D eigenvalue weighted by Gasteiger charge is 2.20. The molecule has 8 nitrogen and oxygen atoms in total. The van der Waals surface area contributed by atoms with E-state index in [1.165, 1.54) is 83.5 Å². The van der Waals surface area contributed by atoms with Crippen LogP contribution >= 0.6 is 7.82 Å². The fourth-order valence-electron chi connectivity index (χ4n) is 6.64. The first kappa shape index (κ1) is 62.4. The van der Waals surface area contributed by atoms with Crippen LogP contribution in [0.2, 0.25) is 0 Å². The number of rotatable bonds is 47. The third kappa shape index (κ3) is 52.3. The Morgan fingerprint density at radius 3 is 1.34 bits per heavy atom. The van der Waals surface area contributed by atoms with Crippen molar-refractivity contribution in [2.75, 3.05) is 54.1 Å². The second kappa shape index (κ2) is 47.9. The number of quaternary nitrogens is 1. The van der Waals surface area contributed by atoms with Gasteiger partial charge < -0.3 is 27.9 Å². The Bertz CT molecular complexity index is 1360. The number of ether oxygens (including phenoxy) is 2. The van der Waals surface area contributed by atoms with E-state index < -0.39 is 13.9 Å². The first-order valence-corrected chi connectivity index (χ1v) is 27.4. The van der Waals surface area contributed by atoms with Gasteiger partial charge in [0, 0.05) is 13.0 Å². The zero-order chi connectivity index (χ0) is 47.6. The van der Waals surface area contributed by atoms with Crippen molar-refractivity contribution in [1.29, 1.82) is 0 Å². The van der Waals surface area contributed by atoms with E-state index in [1.807, 2.05) is 21.1 Å². The highest BCUT2D eigenvalue weighted by atomic mass is 31.2. The van der Waals surface area contributed by atoms with Gasteiger partial charge in [0.15, 0.2) is 0 Å². The number of phosphoric ester groups is 1. The Balaban J connectivity index is 4.25. The molecule has 0 aliphatic carbocycles. The molecule has 0 aromatic heterocycles. The third-order valence-electron chi connectivity index (χ3n) is 10.6. The standard InChI is InChI=1S/C56H98NO7P/c1-6-8-10-12-14-16-18-20-22-24-26-28-30-32-34-36-38-40-42-44-46-48-51-61-53-55(54-63-65(59,60)62-52-50-57(3,4)5)64-56(58)49-47-45-43-41-39-37-35-33-31-29-27-25-23-21-19-17-15-13-11-9-7-2/h8,10,14,16,19-22,25-28,32,34,38,40,55H,6-7,9,11-13,15,17-18,23-24,29-31,33,35-37,39,41-54H2,1-5H3/b10-8-,16-14-,21-19-,22-20-,27-25-,28-26-,34-32-,40-38-. The van der Waals surface area contributed by atoms with Crippen molar-refractivity contribution in [1.82, 2.24) is 0 Å². The van der Waals surface area contributed by atoms with Crippen LogP contribution in [0.25, 0.3) is 0 Å². The Kier molecular flexibility index (Phi) is 46.0. The fourth-order valence-corrected chi connectivity index (χ4v) is 7.37. The van der Waals surface area contributed by atoms with Crippen molar-refractivity contribution in [3.63, 3.8) is 0 Å². The molecule has 0 radical (unpaired) electrons. The fraction of sp³-hybridized carbons (Fsp3) is 0.696. The number of hydrogen-bond donors (Lipinski definition) is 0. The summed E-state index contributed by atoms with van der Waals surface area (Å²) in [6.45, 7) is 5.19. The molecule has 0 aromatic rings. The van der Waals surface area contributed by atoms with Crippen molar-refractivity contribution in [2.24, 2.45) is 0 Å². The SMILES string of the molecule is CC/C=C\C/C=C\C/C=C\C/C=C\C/C=C\C/C=C\CCCCCOCC(COP(=O)([O-])OCC[N+](C)(C)C)OC(=O)CCCCCCCCCCC/C=C\C/C=C\CCCCCCC. The molecule has 0 rings (SSSR count). The highest BCUT2D eigenvalue weighted by Crippen LogP contribution is 2.38. The molecule has 374 valence electrons. The molecule has 0 bridgehead atoms. The van der Waals surface area contributed by atoms with Crippen LogP contribution in [-0.2, 0) is 27.9 Å². The van der Waals surface area contributed by atoms with Crippen molar-refractivity contribution < 1.29 is 37.3 Å². The van der Waals surface area contributed by atoms with Gasteiger partial charge in [0.1, 0.15) is 19.3 Å². The zero-order valence-corrected chi connectivity index (χ0v) is 43.3. The smallest absolute Gasteiger partial charge is 0.306 e. The average molecular weight is 928 g/mol. The lowest BCUT2D eigenvalue weighted by Gasteiger charge is -2.28. The van der Waals surface area contributed by atoms with Crippen molar-refractivity contribution >= 4 is 13.8 Å². The summed E-state index contributed by atoms with van der Waals surface area (Å²) in [6.07, 6.45) is 65.8. The summed E-state index contributed by atoms with van der Waals surface area (Å²) in [6, 6.07) is 0. The molecule has 9 heteroatoms. The van der Waals surface area contributed by atoms with Crippen LogP contribution in [0.3, 0.4) is 0 Å². The molecule has 0 spiro atoms. The van der Waals surface area contributed by atoms with Crippen molar-refractivity contribution in [3.8, 4) is 0 Å². The number of likely N-dealkylation sites (N-methyl/N-ethyl adjacent to an activating group) is 1. The van der Waals surface area contributed by atoms with Crippen molar-refractivity contribution in [3.05, 3.63) is 97.2 Å². The number of nitrogens with zero attached hydrogens (tertiary/aromatic N) is 1. The third-order valence-corrected chi connectivity index (χ3v) is 11.6. The summed E-state index contributed by atoms with van der Waals surface area (Å²) in [5, 5.41) is 0. The largest absolute Gasteiger partial charge is 0.756 e. The monoisotopic (exact) mass is 928 g/mol. The Morgan fingerprint density at radius 1 is 0.492 bits per heavy atom. The summed E-state index contributed by atoms with van der Waals surface area (Å²) in [4.78, 5) is 25.2. The van der Waals surface area contributed by atoms with E-state index in [1.54, 1.807) is 0 Å². The predicted octanol–water partition coefficient (Wildman–Crippen LogP) is 15.5. The Morgan fingerprint density at radius 2 is 0.892 bits per heavy atom. The van der Waals surface area contributed by atoms with Gasteiger partial charge in [-0.05, 0) is 96.3 Å². The van der Waals surface area contributed by atoms with Gasteiger partial charge in [-0.2, -0.15) is 0 Å². The van der Waals surface area contributed by atoms with E-state index in [2.05, 4.69) is 111 Å². The van der Waals surface area contributed by atoms with Gasteiger partial charge in [-0.15, -0.1) is 0 Å². The lowest BCUT2D eigenvalue weighted by atomic mass is 10.1. The summed E-state index contributed by atoms with van der Waals surface area (Å²) in [5.41, 5.74) is 0. The quantitative estimate of drug-likeness (QED) is 0.0197. The van der Waals surface area contributed by atoms with Gasteiger partial charge in [-0.3, -0.25) is 9.36 Å². The lowest BCUT2D eigenvalue weighted by molar-refractivity contribution is -0.870. The van der Waals surface area contributed by atoms with E-state index in [0.29, 0.717) is 24.1 Å². The lowest BCUT2D eigenvalue weighted by Crippen LogP contribution is -2.37. The number of allylic oxidation sites excluding steroid dienone is 16. The molecule has 0 heterocycles. The topological polar surface area (TPSA) is 94.1 Å². The number of carbonyl (C=O) groups excluding carboxylic acids is 1. The number of esters is 1. The molecular formula is C56H98NO7P. The summed E-state index contributed by atoms with van der Waals surface area (Å²) in [5.74, 6) is -0.354. The van der Waals surface area contributed by atoms with Crippen LogP contribution in [0.4, 0.5) is 0 Å². The minimum absolute atomic E-state index is 0.0129. The van der Waals surface area contributed by atoms with E-state index >= 15 is 0 Å². The van der Waals surface area contributed by atoms with E-state index in [9.17, 15) is 14.3 Å². The van der Waals surface area contributed by atoms with Crippen LogP contribution in [0.5, 0.6) is 0 Å². The van der Waals surface area contributed by atoms with E-state index in [-0.39, 0.29) is 25.8 Å².